The number of esters is 1. The van der Waals surface area contributed by atoms with E-state index >= 15 is 0 Å². The number of nitrogens with one attached hydrogen (secondary N) is 1. The first-order valence-electron chi connectivity index (χ1n) is 10.6. The van der Waals surface area contributed by atoms with Gasteiger partial charge >= 0.3 is 12.1 Å². The molecule has 1 atom stereocenters. The number of hydrogen-bond acceptors (Lipinski definition) is 4. The molecule has 30 heavy (non-hydrogen) atoms. The van der Waals surface area contributed by atoms with Crippen LogP contribution in [-0.2, 0) is 20.7 Å². The van der Waals surface area contributed by atoms with E-state index in [-0.39, 0.29) is 0 Å². The van der Waals surface area contributed by atoms with Gasteiger partial charge in [0.1, 0.15) is 5.60 Å². The number of hydrogen-bond donors (Lipinski definition) is 1. The maximum absolute atomic E-state index is 13.9. The molecule has 1 unspecified atom stereocenters. The number of rotatable bonds is 8. The molecule has 7 heteroatoms. The summed E-state index contributed by atoms with van der Waals surface area (Å²) in [6.45, 7) is 4.45. The van der Waals surface area contributed by atoms with Crippen LogP contribution in [0.1, 0.15) is 70.4 Å². The summed E-state index contributed by atoms with van der Waals surface area (Å²) in [6.07, 6.45) is 5.21. The van der Waals surface area contributed by atoms with Crippen molar-refractivity contribution in [2.45, 2.75) is 77.2 Å². The fourth-order valence-corrected chi connectivity index (χ4v) is 3.49. The molecule has 2 rings (SSSR count). The van der Waals surface area contributed by atoms with Gasteiger partial charge < -0.3 is 14.8 Å². The quantitative estimate of drug-likeness (QED) is 0.580. The van der Waals surface area contributed by atoms with Crippen molar-refractivity contribution in [1.82, 2.24) is 5.32 Å². The van der Waals surface area contributed by atoms with Crippen LogP contribution in [0.3, 0.4) is 0 Å². The van der Waals surface area contributed by atoms with Gasteiger partial charge in [0.25, 0.3) is 5.92 Å². The lowest BCUT2D eigenvalue weighted by Gasteiger charge is -2.22. The van der Waals surface area contributed by atoms with Crippen molar-refractivity contribution in [3.05, 3.63) is 35.4 Å². The highest BCUT2D eigenvalue weighted by Crippen LogP contribution is 2.28. The number of carbonyl (C=O) groups excluding carboxylic acids is 2. The van der Waals surface area contributed by atoms with Crippen LogP contribution < -0.4 is 5.32 Å². The molecule has 1 fully saturated rings. The van der Waals surface area contributed by atoms with Gasteiger partial charge in [0.05, 0.1) is 12.5 Å². The van der Waals surface area contributed by atoms with Crippen LogP contribution in [-0.4, -0.2) is 36.7 Å². The van der Waals surface area contributed by atoms with Crippen molar-refractivity contribution in [3.63, 3.8) is 0 Å². The highest BCUT2D eigenvalue weighted by molar-refractivity contribution is 5.77. The fraction of sp³-hybridized carbons (Fsp3) is 0.652. The van der Waals surface area contributed by atoms with Gasteiger partial charge in [-0.05, 0) is 51.2 Å². The number of ether oxygens (including phenoxy) is 2. The maximum Gasteiger partial charge on any atom is 0.407 e. The number of carbonyl (C=O) groups is 2. The second kappa shape index (κ2) is 10.2. The second-order valence-electron chi connectivity index (χ2n) is 9.14. The molecule has 1 aromatic rings. The summed E-state index contributed by atoms with van der Waals surface area (Å²) in [4.78, 5) is 23.7. The van der Waals surface area contributed by atoms with E-state index in [0.29, 0.717) is 0 Å². The Morgan fingerprint density at radius 3 is 2.30 bits per heavy atom. The Morgan fingerprint density at radius 1 is 1.13 bits per heavy atom. The number of benzene rings is 1. The van der Waals surface area contributed by atoms with Crippen LogP contribution in [0.2, 0.25) is 0 Å². The first kappa shape index (κ1) is 24.1. The van der Waals surface area contributed by atoms with Gasteiger partial charge in [-0.1, -0.05) is 49.9 Å². The zero-order valence-corrected chi connectivity index (χ0v) is 18.3. The third-order valence-electron chi connectivity index (χ3n) is 5.15. The molecule has 0 spiro atoms. The summed E-state index contributed by atoms with van der Waals surface area (Å²) in [5.74, 6) is -4.04. The van der Waals surface area contributed by atoms with E-state index in [4.69, 9.17) is 9.47 Å². The van der Waals surface area contributed by atoms with Crippen LogP contribution in [0.5, 0.6) is 0 Å². The molecule has 1 saturated carbocycles. The van der Waals surface area contributed by atoms with Crippen molar-refractivity contribution in [2.24, 2.45) is 5.92 Å². The lowest BCUT2D eigenvalue weighted by molar-refractivity contribution is -0.156. The zero-order chi connectivity index (χ0) is 22.4. The summed E-state index contributed by atoms with van der Waals surface area (Å²) < 4.78 is 37.6. The molecule has 0 aliphatic heterocycles. The maximum atomic E-state index is 13.9. The smallest absolute Gasteiger partial charge is 0.407 e. The predicted molar refractivity (Wildman–Crippen MR) is 111 cm³/mol. The largest absolute Gasteiger partial charge is 0.459 e. The van der Waals surface area contributed by atoms with Gasteiger partial charge in [-0.25, -0.2) is 13.6 Å². The summed E-state index contributed by atoms with van der Waals surface area (Å²) in [6, 6.07) is 7.71. The zero-order valence-electron chi connectivity index (χ0n) is 18.3. The summed E-state index contributed by atoms with van der Waals surface area (Å²) in [5.41, 5.74) is 1.17. The Hall–Kier alpha value is -2.18. The normalized spacial score (nSPS) is 16.2. The lowest BCUT2D eigenvalue weighted by Crippen LogP contribution is -2.42. The highest BCUT2D eigenvalue weighted by Gasteiger charge is 2.33. The number of amides is 1. The summed E-state index contributed by atoms with van der Waals surface area (Å²) in [7, 11) is 0. The van der Waals surface area contributed by atoms with Crippen molar-refractivity contribution in [2.75, 3.05) is 13.2 Å². The molecule has 0 bridgehead atoms. The van der Waals surface area contributed by atoms with Gasteiger partial charge in [0.15, 0.2) is 6.61 Å². The topological polar surface area (TPSA) is 64.6 Å². The number of alkyl halides is 2. The molecule has 0 radical (unpaired) electrons. The molecule has 1 aliphatic rings. The molecular formula is C23H33F2NO4. The van der Waals surface area contributed by atoms with Gasteiger partial charge in [-0.3, -0.25) is 4.79 Å². The van der Waals surface area contributed by atoms with Crippen molar-refractivity contribution < 1.29 is 27.8 Å². The summed E-state index contributed by atoms with van der Waals surface area (Å²) >= 11 is 0. The molecule has 0 saturated heterocycles. The van der Waals surface area contributed by atoms with Crippen molar-refractivity contribution in [1.29, 1.82) is 0 Å². The van der Waals surface area contributed by atoms with E-state index in [1.54, 1.807) is 27.7 Å². The Labute approximate surface area is 177 Å². The minimum atomic E-state index is -3.39. The number of alkyl carbamates (subject to hydrolysis) is 1. The summed E-state index contributed by atoms with van der Waals surface area (Å²) in [5, 5.41) is 2.00. The second-order valence-corrected chi connectivity index (χ2v) is 9.14. The van der Waals surface area contributed by atoms with E-state index in [1.165, 1.54) is 31.2 Å². The Bertz CT molecular complexity index is 707. The standard InChI is InChI=1S/C23H33F2NO4/c1-16(19-11-9-18(10-12-19)13-17-7-5-6-8-17)20(27)29-15-23(24,25)14-26-21(28)30-22(2,3)4/h9-12,16-17H,5-8,13-15H2,1-4H3,(H,26,28). The minimum absolute atomic E-state index is 0.653. The SMILES string of the molecule is CC(C(=O)OCC(F)(F)CNC(=O)OC(C)(C)C)c1ccc(CC2CCCC2)cc1. The molecule has 1 aromatic carbocycles. The Morgan fingerprint density at radius 2 is 1.73 bits per heavy atom. The molecular weight excluding hydrogens is 392 g/mol. The molecule has 0 heterocycles. The molecule has 5 nitrogen and oxygen atoms in total. The van der Waals surface area contributed by atoms with Gasteiger partial charge in [0, 0.05) is 0 Å². The Balaban J connectivity index is 1.79. The number of halogens is 2. The molecule has 168 valence electrons. The third-order valence-corrected chi connectivity index (χ3v) is 5.15. The van der Waals surface area contributed by atoms with E-state index in [9.17, 15) is 18.4 Å². The van der Waals surface area contributed by atoms with Crippen molar-refractivity contribution in [3.8, 4) is 0 Å². The van der Waals surface area contributed by atoms with Gasteiger partial charge in [-0.15, -0.1) is 0 Å². The fourth-order valence-electron chi connectivity index (χ4n) is 3.49. The van der Waals surface area contributed by atoms with Crippen LogP contribution in [0.4, 0.5) is 13.6 Å². The minimum Gasteiger partial charge on any atom is -0.459 e. The van der Waals surface area contributed by atoms with E-state index in [0.717, 1.165) is 17.9 Å². The highest BCUT2D eigenvalue weighted by atomic mass is 19.3. The molecule has 0 aromatic heterocycles. The van der Waals surface area contributed by atoms with Crippen molar-refractivity contribution >= 4 is 12.1 Å². The average molecular weight is 426 g/mol. The third kappa shape index (κ3) is 8.28. The predicted octanol–water partition coefficient (Wildman–Crippen LogP) is 5.23. The first-order valence-corrected chi connectivity index (χ1v) is 10.6. The molecule has 1 aliphatic carbocycles. The van der Waals surface area contributed by atoms with Crippen LogP contribution >= 0.6 is 0 Å². The first-order chi connectivity index (χ1) is 14.0. The molecule has 1 amide bonds. The van der Waals surface area contributed by atoms with Crippen LogP contribution in [0, 0.1) is 5.92 Å². The monoisotopic (exact) mass is 425 g/mol. The van der Waals surface area contributed by atoms with Crippen LogP contribution in [0.15, 0.2) is 24.3 Å². The van der Waals surface area contributed by atoms with Crippen LogP contribution in [0.25, 0.3) is 0 Å². The molecule has 1 N–H and O–H groups in total. The van der Waals surface area contributed by atoms with E-state index < -0.39 is 42.7 Å². The van der Waals surface area contributed by atoms with Gasteiger partial charge in [-0.2, -0.15) is 0 Å². The van der Waals surface area contributed by atoms with E-state index in [2.05, 4.69) is 0 Å². The lowest BCUT2D eigenvalue weighted by atomic mass is 9.95. The Kier molecular flexibility index (Phi) is 8.21. The van der Waals surface area contributed by atoms with Gasteiger partial charge in [0.2, 0.25) is 0 Å². The average Bonchev–Trinajstić information content (AvgIpc) is 3.16. The van der Waals surface area contributed by atoms with E-state index in [1.807, 2.05) is 29.6 Å².